The summed E-state index contributed by atoms with van der Waals surface area (Å²) in [4.78, 5) is 18.7. The fourth-order valence-corrected chi connectivity index (χ4v) is 8.53. The van der Waals surface area contributed by atoms with Crippen LogP contribution in [0, 0.1) is 18.2 Å². The summed E-state index contributed by atoms with van der Waals surface area (Å²) in [6, 6.07) is 8.91. The lowest BCUT2D eigenvalue weighted by Crippen LogP contribution is -2.60. The summed E-state index contributed by atoms with van der Waals surface area (Å²) in [5.74, 6) is 2.70. The highest BCUT2D eigenvalue weighted by atomic mass is 19.1. The second kappa shape index (κ2) is 9.86. The van der Waals surface area contributed by atoms with Gasteiger partial charge in [-0.25, -0.2) is 13.8 Å². The number of rotatable bonds is 4. The van der Waals surface area contributed by atoms with E-state index >= 15 is 4.39 Å². The van der Waals surface area contributed by atoms with Crippen molar-refractivity contribution in [3.63, 3.8) is 0 Å². The number of fused-ring (bicyclic) bond motifs is 7. The summed E-state index contributed by atoms with van der Waals surface area (Å²) < 4.78 is 44.2. The van der Waals surface area contributed by atoms with Crippen LogP contribution in [0.25, 0.3) is 32.9 Å². The number of anilines is 1. The van der Waals surface area contributed by atoms with Crippen LogP contribution in [0.4, 0.5) is 14.6 Å². The number of hydrogen-bond acceptors (Lipinski definition) is 9. The first-order valence-corrected chi connectivity index (χ1v) is 15.7. The van der Waals surface area contributed by atoms with E-state index in [9.17, 15) is 9.50 Å². The fourth-order valence-electron chi connectivity index (χ4n) is 8.53. The van der Waals surface area contributed by atoms with Crippen LogP contribution in [-0.4, -0.2) is 87.6 Å². The second-order valence-corrected chi connectivity index (χ2v) is 13.1. The molecule has 0 aliphatic carbocycles. The maximum atomic E-state index is 17.0. The first-order valence-electron chi connectivity index (χ1n) is 15.7. The fraction of sp³-hybridized carbons (Fsp3) is 0.441. The van der Waals surface area contributed by atoms with E-state index in [2.05, 4.69) is 26.0 Å². The van der Waals surface area contributed by atoms with Gasteiger partial charge in [-0.3, -0.25) is 4.90 Å². The number of aromatic hydroxyl groups is 1. The number of terminal acetylenes is 1. The minimum atomic E-state index is -0.899. The SMILES string of the molecule is C#Cc1cccc2cc(O)cc(-c3nc4c5c(nc(OC[C@@]67CCCN6C[C@H](F)C7)nc5c3F)N3CC5CC[C@@H](N5)[C@H]3CO4)c12. The van der Waals surface area contributed by atoms with Gasteiger partial charge < -0.3 is 24.8 Å². The Balaban J connectivity index is 1.24. The Bertz CT molecular complexity index is 1930. The van der Waals surface area contributed by atoms with Gasteiger partial charge in [0.05, 0.1) is 11.6 Å². The van der Waals surface area contributed by atoms with Gasteiger partial charge in [0.2, 0.25) is 5.88 Å². The number of halogens is 2. The zero-order valence-corrected chi connectivity index (χ0v) is 24.6. The Morgan fingerprint density at radius 3 is 2.98 bits per heavy atom. The molecule has 45 heavy (non-hydrogen) atoms. The van der Waals surface area contributed by atoms with Gasteiger partial charge in [0, 0.05) is 48.1 Å². The maximum Gasteiger partial charge on any atom is 0.319 e. The Hall–Kier alpha value is -4.27. The molecule has 0 radical (unpaired) electrons. The van der Waals surface area contributed by atoms with E-state index in [1.54, 1.807) is 18.2 Å². The van der Waals surface area contributed by atoms with Crippen LogP contribution in [-0.2, 0) is 0 Å². The highest BCUT2D eigenvalue weighted by molar-refractivity contribution is 6.04. The van der Waals surface area contributed by atoms with Crippen molar-refractivity contribution in [1.82, 2.24) is 25.2 Å². The molecule has 11 heteroatoms. The van der Waals surface area contributed by atoms with Gasteiger partial charge in [-0.2, -0.15) is 9.97 Å². The molecule has 230 valence electrons. The Labute approximate surface area is 258 Å². The summed E-state index contributed by atoms with van der Waals surface area (Å²) in [5.41, 5.74) is 0.457. The van der Waals surface area contributed by atoms with Crippen molar-refractivity contribution in [2.45, 2.75) is 61.9 Å². The summed E-state index contributed by atoms with van der Waals surface area (Å²) in [6.45, 7) is 2.47. The van der Waals surface area contributed by atoms with Crippen molar-refractivity contribution in [3.05, 3.63) is 41.7 Å². The third-order valence-electron chi connectivity index (χ3n) is 10.5. The van der Waals surface area contributed by atoms with Crippen LogP contribution in [0.2, 0.25) is 0 Å². The lowest BCUT2D eigenvalue weighted by molar-refractivity contribution is 0.107. The molecule has 9 rings (SSSR count). The third kappa shape index (κ3) is 4.08. The van der Waals surface area contributed by atoms with Crippen molar-refractivity contribution in [1.29, 1.82) is 0 Å². The summed E-state index contributed by atoms with van der Waals surface area (Å²) in [5, 5.41) is 16.0. The molecule has 0 saturated carbocycles. The van der Waals surface area contributed by atoms with Crippen molar-refractivity contribution in [2.24, 2.45) is 0 Å². The smallest absolute Gasteiger partial charge is 0.319 e. The molecule has 1 unspecified atom stereocenters. The van der Waals surface area contributed by atoms with Crippen molar-refractivity contribution >= 4 is 27.5 Å². The highest BCUT2D eigenvalue weighted by Crippen LogP contribution is 2.45. The zero-order chi connectivity index (χ0) is 30.4. The van der Waals surface area contributed by atoms with Gasteiger partial charge in [-0.15, -0.1) is 6.42 Å². The quantitative estimate of drug-likeness (QED) is 0.328. The molecule has 4 saturated heterocycles. The molecular formula is C34H32F2N6O3. The number of phenolic OH excluding ortho intramolecular Hbond substituents is 1. The van der Waals surface area contributed by atoms with Crippen LogP contribution in [0.5, 0.6) is 17.6 Å². The number of phenols is 1. The van der Waals surface area contributed by atoms with E-state index < -0.39 is 17.5 Å². The van der Waals surface area contributed by atoms with Crippen LogP contribution >= 0.6 is 0 Å². The Morgan fingerprint density at radius 1 is 1.18 bits per heavy atom. The van der Waals surface area contributed by atoms with E-state index in [-0.39, 0.29) is 53.6 Å². The predicted molar refractivity (Wildman–Crippen MR) is 165 cm³/mol. The molecule has 9 nitrogen and oxygen atoms in total. The topological polar surface area (TPSA) is 95.9 Å². The first kappa shape index (κ1) is 27.1. The Morgan fingerprint density at radius 2 is 2.09 bits per heavy atom. The molecule has 5 atom stereocenters. The molecule has 4 aromatic rings. The standard InChI is InChI=1S/C34H32F2N6O3/c1-2-18-5-3-6-19-11-22(43)12-23(26(18)19)29-28(36)30-27-31(42-15-21-7-8-24(37-21)25(42)16-44-32(27)38-29)40-33(39-30)45-17-34-9-4-10-41(34)14-20(35)13-34/h1,3,5-6,11-12,20-21,24-25,37,43H,4,7-10,13-17H2/t20-,21?,24-,25-,34+/m1/s1. The minimum Gasteiger partial charge on any atom is -0.508 e. The molecule has 2 aromatic carbocycles. The summed E-state index contributed by atoms with van der Waals surface area (Å²) >= 11 is 0. The van der Waals surface area contributed by atoms with E-state index in [1.807, 2.05) is 6.07 Å². The maximum absolute atomic E-state index is 17.0. The Kier molecular flexibility index (Phi) is 5.93. The molecule has 4 fully saturated rings. The first-order chi connectivity index (χ1) is 21.9. The molecule has 2 aromatic heterocycles. The largest absolute Gasteiger partial charge is 0.508 e. The van der Waals surface area contributed by atoms with Crippen molar-refractivity contribution < 1.29 is 23.4 Å². The number of nitrogens with one attached hydrogen (secondary N) is 1. The average Bonchev–Trinajstić information content (AvgIpc) is 3.67. The number of alkyl halides is 1. The molecule has 2 bridgehead atoms. The van der Waals surface area contributed by atoms with E-state index in [4.69, 9.17) is 25.9 Å². The van der Waals surface area contributed by atoms with Gasteiger partial charge in [-0.1, -0.05) is 18.1 Å². The summed E-state index contributed by atoms with van der Waals surface area (Å²) in [6.07, 6.45) is 9.21. The van der Waals surface area contributed by atoms with E-state index in [1.165, 1.54) is 6.07 Å². The third-order valence-corrected chi connectivity index (χ3v) is 10.5. The number of benzene rings is 2. The van der Waals surface area contributed by atoms with Crippen LogP contribution in [0.3, 0.4) is 0 Å². The molecule has 5 aliphatic rings. The van der Waals surface area contributed by atoms with Gasteiger partial charge in [-0.05, 0) is 55.8 Å². The number of ether oxygens (including phenoxy) is 2. The van der Waals surface area contributed by atoms with E-state index in [0.717, 1.165) is 32.2 Å². The number of piperazine rings is 1. The normalized spacial score (nSPS) is 28.5. The van der Waals surface area contributed by atoms with Crippen LogP contribution in [0.15, 0.2) is 30.3 Å². The van der Waals surface area contributed by atoms with Gasteiger partial charge in [0.25, 0.3) is 0 Å². The number of aromatic nitrogens is 3. The number of nitrogens with zero attached hydrogens (tertiary/aromatic N) is 5. The highest BCUT2D eigenvalue weighted by Gasteiger charge is 2.50. The molecule has 2 N–H and O–H groups in total. The minimum absolute atomic E-state index is 0.0202. The monoisotopic (exact) mass is 610 g/mol. The van der Waals surface area contributed by atoms with Crippen molar-refractivity contribution in [3.8, 4) is 41.2 Å². The van der Waals surface area contributed by atoms with Gasteiger partial charge in [0.1, 0.15) is 47.5 Å². The molecular weight excluding hydrogens is 578 g/mol. The molecule has 5 aliphatic heterocycles. The lowest BCUT2D eigenvalue weighted by Gasteiger charge is -2.40. The van der Waals surface area contributed by atoms with Crippen molar-refractivity contribution in [2.75, 3.05) is 37.7 Å². The summed E-state index contributed by atoms with van der Waals surface area (Å²) in [7, 11) is 0. The second-order valence-electron chi connectivity index (χ2n) is 13.1. The van der Waals surface area contributed by atoms with Gasteiger partial charge >= 0.3 is 6.01 Å². The molecule has 0 amide bonds. The van der Waals surface area contributed by atoms with Crippen LogP contribution < -0.4 is 19.7 Å². The predicted octanol–water partition coefficient (Wildman–Crippen LogP) is 4.33. The van der Waals surface area contributed by atoms with Gasteiger partial charge in [0.15, 0.2) is 5.82 Å². The number of hydrogen-bond donors (Lipinski definition) is 2. The lowest BCUT2D eigenvalue weighted by atomic mass is 9.95. The average molecular weight is 611 g/mol. The molecule has 0 spiro atoms. The van der Waals surface area contributed by atoms with Crippen LogP contribution in [0.1, 0.15) is 37.7 Å². The number of pyridine rings is 1. The van der Waals surface area contributed by atoms with E-state index in [0.29, 0.717) is 59.2 Å². The zero-order valence-electron chi connectivity index (χ0n) is 24.6. The molecule has 7 heterocycles.